The Labute approximate surface area is 115 Å². The van der Waals surface area contributed by atoms with Gasteiger partial charge in [0, 0.05) is 24.8 Å². The summed E-state index contributed by atoms with van der Waals surface area (Å²) in [6, 6.07) is 2.13. The van der Waals surface area contributed by atoms with Crippen LogP contribution in [0.3, 0.4) is 0 Å². The summed E-state index contributed by atoms with van der Waals surface area (Å²) in [4.78, 5) is 2.53. The summed E-state index contributed by atoms with van der Waals surface area (Å²) < 4.78 is 7.94. The fraction of sp³-hybridized carbons (Fsp3) is 0.800. The number of likely N-dealkylation sites (tertiary alicyclic amines) is 1. The average molecular weight is 263 g/mol. The largest absolute Gasteiger partial charge is 0.475 e. The summed E-state index contributed by atoms with van der Waals surface area (Å²) in [6.45, 7) is 5.36. The van der Waals surface area contributed by atoms with Gasteiger partial charge in [-0.05, 0) is 45.2 Å². The number of aryl methyl sites for hydroxylation is 2. The Morgan fingerprint density at radius 3 is 2.58 bits per heavy atom. The smallest absolute Gasteiger partial charge is 0.233 e. The Bertz CT molecular complexity index is 371. The van der Waals surface area contributed by atoms with Crippen molar-refractivity contribution in [3.63, 3.8) is 0 Å². The second kappa shape index (κ2) is 6.42. The van der Waals surface area contributed by atoms with Gasteiger partial charge in [-0.15, -0.1) is 5.10 Å². The van der Waals surface area contributed by atoms with Crippen LogP contribution in [0, 0.1) is 0 Å². The molecule has 0 bridgehead atoms. The molecule has 19 heavy (non-hydrogen) atoms. The van der Waals surface area contributed by atoms with Gasteiger partial charge in [-0.1, -0.05) is 12.8 Å². The van der Waals surface area contributed by atoms with Crippen LogP contribution in [0.25, 0.3) is 0 Å². The monoisotopic (exact) mass is 263 g/mol. The first-order chi connectivity index (χ1) is 9.42. The van der Waals surface area contributed by atoms with Crippen LogP contribution in [0.15, 0.2) is 6.07 Å². The van der Waals surface area contributed by atoms with Gasteiger partial charge in [-0.3, -0.25) is 9.58 Å². The van der Waals surface area contributed by atoms with Crippen LogP contribution in [0.4, 0.5) is 0 Å². The molecule has 4 nitrogen and oxygen atoms in total. The average Bonchev–Trinajstić information content (AvgIpc) is 2.66. The molecule has 0 saturated carbocycles. The first-order valence-corrected chi connectivity index (χ1v) is 7.84. The van der Waals surface area contributed by atoms with Gasteiger partial charge in [0.05, 0.1) is 0 Å². The van der Waals surface area contributed by atoms with Gasteiger partial charge < -0.3 is 4.74 Å². The standard InChI is InChI=1S/C15H25N3O/c1-2-5-9-17(8-4-1)11-12-19-15-13-14-7-3-6-10-18(14)16-15/h13H,1-12H2. The molecular formula is C15H25N3O. The third-order valence-electron chi connectivity index (χ3n) is 4.25. The predicted octanol–water partition coefficient (Wildman–Crippen LogP) is 2.47. The van der Waals surface area contributed by atoms with Crippen LogP contribution in [-0.2, 0) is 13.0 Å². The number of hydrogen-bond donors (Lipinski definition) is 0. The maximum absolute atomic E-state index is 5.83. The Hall–Kier alpha value is -1.03. The number of nitrogens with zero attached hydrogens (tertiary/aromatic N) is 3. The Balaban J connectivity index is 1.45. The zero-order valence-electron chi connectivity index (χ0n) is 11.8. The highest BCUT2D eigenvalue weighted by Crippen LogP contribution is 2.19. The Morgan fingerprint density at radius 1 is 1.00 bits per heavy atom. The lowest BCUT2D eigenvalue weighted by Crippen LogP contribution is -2.29. The molecule has 106 valence electrons. The van der Waals surface area contributed by atoms with E-state index in [1.165, 1.54) is 57.3 Å². The number of ether oxygens (including phenoxy) is 1. The fourth-order valence-electron chi connectivity index (χ4n) is 3.10. The third-order valence-corrected chi connectivity index (χ3v) is 4.25. The van der Waals surface area contributed by atoms with Gasteiger partial charge in [0.15, 0.2) is 0 Å². The SMILES string of the molecule is c1c(OCCN2CCCCCC2)nn2c1CCCC2. The van der Waals surface area contributed by atoms with Gasteiger partial charge >= 0.3 is 0 Å². The summed E-state index contributed by atoms with van der Waals surface area (Å²) in [7, 11) is 0. The van der Waals surface area contributed by atoms with Gasteiger partial charge in [-0.2, -0.15) is 0 Å². The lowest BCUT2D eigenvalue weighted by atomic mass is 10.1. The number of hydrogen-bond acceptors (Lipinski definition) is 3. The van der Waals surface area contributed by atoms with E-state index in [1.807, 2.05) is 0 Å². The first-order valence-electron chi connectivity index (χ1n) is 7.84. The van der Waals surface area contributed by atoms with Crippen molar-refractivity contribution in [2.45, 2.75) is 51.5 Å². The Morgan fingerprint density at radius 2 is 1.79 bits per heavy atom. The van der Waals surface area contributed by atoms with E-state index in [-0.39, 0.29) is 0 Å². The molecule has 4 heteroatoms. The van der Waals surface area contributed by atoms with Crippen LogP contribution in [0.5, 0.6) is 5.88 Å². The number of aromatic nitrogens is 2. The summed E-state index contributed by atoms with van der Waals surface area (Å²) in [6.07, 6.45) is 9.18. The minimum absolute atomic E-state index is 0.774. The minimum Gasteiger partial charge on any atom is -0.475 e. The zero-order valence-corrected chi connectivity index (χ0v) is 11.8. The lowest BCUT2D eigenvalue weighted by Gasteiger charge is -2.19. The van der Waals surface area contributed by atoms with Crippen LogP contribution in [0.1, 0.15) is 44.2 Å². The molecule has 0 aromatic carbocycles. The van der Waals surface area contributed by atoms with E-state index in [1.54, 1.807) is 0 Å². The van der Waals surface area contributed by atoms with E-state index in [0.29, 0.717) is 0 Å². The maximum Gasteiger partial charge on any atom is 0.233 e. The molecule has 1 fully saturated rings. The quantitative estimate of drug-likeness (QED) is 0.836. The molecule has 0 aliphatic carbocycles. The van der Waals surface area contributed by atoms with E-state index >= 15 is 0 Å². The molecule has 0 unspecified atom stereocenters. The van der Waals surface area contributed by atoms with Crippen molar-refractivity contribution in [1.29, 1.82) is 0 Å². The van der Waals surface area contributed by atoms with Crippen molar-refractivity contribution >= 4 is 0 Å². The molecule has 3 heterocycles. The molecule has 0 radical (unpaired) electrons. The molecule has 2 aliphatic heterocycles. The van der Waals surface area contributed by atoms with Crippen LogP contribution < -0.4 is 4.74 Å². The molecular weight excluding hydrogens is 238 g/mol. The van der Waals surface area contributed by atoms with Gasteiger partial charge in [-0.25, -0.2) is 0 Å². The highest BCUT2D eigenvalue weighted by molar-refractivity contribution is 5.16. The van der Waals surface area contributed by atoms with Crippen LogP contribution in [0.2, 0.25) is 0 Å². The van der Waals surface area contributed by atoms with Crippen molar-refractivity contribution in [3.8, 4) is 5.88 Å². The number of rotatable bonds is 4. The highest BCUT2D eigenvalue weighted by Gasteiger charge is 2.13. The highest BCUT2D eigenvalue weighted by atomic mass is 16.5. The summed E-state index contributed by atoms with van der Waals surface area (Å²) in [5, 5.41) is 4.53. The third kappa shape index (κ3) is 3.50. The van der Waals surface area contributed by atoms with Crippen LogP contribution >= 0.6 is 0 Å². The van der Waals surface area contributed by atoms with E-state index in [4.69, 9.17) is 4.74 Å². The number of fused-ring (bicyclic) bond motifs is 1. The topological polar surface area (TPSA) is 30.3 Å². The van der Waals surface area contributed by atoms with Crippen molar-refractivity contribution < 1.29 is 4.74 Å². The molecule has 0 amide bonds. The normalized spacial score (nSPS) is 20.8. The van der Waals surface area contributed by atoms with Gasteiger partial charge in [0.1, 0.15) is 6.61 Å². The minimum atomic E-state index is 0.774. The first kappa shape index (κ1) is 13.0. The molecule has 0 spiro atoms. The van der Waals surface area contributed by atoms with Crippen molar-refractivity contribution in [3.05, 3.63) is 11.8 Å². The summed E-state index contributed by atoms with van der Waals surface area (Å²) >= 11 is 0. The van der Waals surface area contributed by atoms with E-state index < -0.39 is 0 Å². The van der Waals surface area contributed by atoms with Gasteiger partial charge in [0.2, 0.25) is 5.88 Å². The summed E-state index contributed by atoms with van der Waals surface area (Å²) in [5.41, 5.74) is 1.34. The van der Waals surface area contributed by atoms with E-state index in [0.717, 1.165) is 32.0 Å². The molecule has 1 aromatic heterocycles. The summed E-state index contributed by atoms with van der Waals surface area (Å²) in [5.74, 6) is 0.826. The molecule has 2 aliphatic rings. The molecule has 3 rings (SSSR count). The molecule has 0 atom stereocenters. The van der Waals surface area contributed by atoms with E-state index in [9.17, 15) is 0 Å². The molecule has 1 aromatic rings. The Kier molecular flexibility index (Phi) is 4.38. The lowest BCUT2D eigenvalue weighted by molar-refractivity contribution is 0.208. The second-order valence-electron chi connectivity index (χ2n) is 5.76. The van der Waals surface area contributed by atoms with Gasteiger partial charge in [0.25, 0.3) is 0 Å². The maximum atomic E-state index is 5.83. The molecule has 1 saturated heterocycles. The fourth-order valence-corrected chi connectivity index (χ4v) is 3.10. The van der Waals surface area contributed by atoms with Crippen molar-refractivity contribution in [1.82, 2.24) is 14.7 Å². The van der Waals surface area contributed by atoms with Crippen molar-refractivity contribution in [2.24, 2.45) is 0 Å². The molecule has 0 N–H and O–H groups in total. The zero-order chi connectivity index (χ0) is 12.9. The second-order valence-corrected chi connectivity index (χ2v) is 5.76. The van der Waals surface area contributed by atoms with Crippen LogP contribution in [-0.4, -0.2) is 40.9 Å². The predicted molar refractivity (Wildman–Crippen MR) is 75.6 cm³/mol. The van der Waals surface area contributed by atoms with E-state index in [2.05, 4.69) is 20.7 Å². The van der Waals surface area contributed by atoms with Crippen molar-refractivity contribution in [2.75, 3.05) is 26.2 Å².